The van der Waals surface area contributed by atoms with Crippen LogP contribution in [-0.2, 0) is 27.4 Å². The molecule has 38 heavy (non-hydrogen) atoms. The van der Waals surface area contributed by atoms with Crippen LogP contribution in [0.2, 0.25) is 0 Å². The fourth-order valence-electron chi connectivity index (χ4n) is 5.00. The van der Waals surface area contributed by atoms with Crippen LogP contribution in [0.15, 0.2) is 41.3 Å². The zero-order valence-electron chi connectivity index (χ0n) is 21.6. The normalized spacial score (nSPS) is 19.5. The lowest BCUT2D eigenvalue weighted by Gasteiger charge is -2.28. The largest absolute Gasteiger partial charge is 0.416 e. The van der Waals surface area contributed by atoms with Gasteiger partial charge < -0.3 is 10.6 Å². The molecule has 2 aliphatic rings. The lowest BCUT2D eigenvalue weighted by atomic mass is 9.99. The summed E-state index contributed by atoms with van der Waals surface area (Å²) in [5.74, 6) is -1.33. The summed E-state index contributed by atoms with van der Waals surface area (Å²) in [5, 5.41) is 6.25. The van der Waals surface area contributed by atoms with Gasteiger partial charge in [-0.1, -0.05) is 6.07 Å². The molecule has 208 valence electrons. The van der Waals surface area contributed by atoms with E-state index in [9.17, 15) is 30.8 Å². The second kappa shape index (κ2) is 10.8. The highest BCUT2D eigenvalue weighted by molar-refractivity contribution is 7.90. The Morgan fingerprint density at radius 3 is 2.39 bits per heavy atom. The van der Waals surface area contributed by atoms with Crippen molar-refractivity contribution in [3.05, 3.63) is 58.9 Å². The van der Waals surface area contributed by atoms with Gasteiger partial charge in [-0.15, -0.1) is 0 Å². The fraction of sp³-hybridized carbons (Fsp3) is 0.519. The Balaban J connectivity index is 1.55. The van der Waals surface area contributed by atoms with Gasteiger partial charge in [-0.25, -0.2) is 12.8 Å². The van der Waals surface area contributed by atoms with Crippen LogP contribution >= 0.6 is 0 Å². The van der Waals surface area contributed by atoms with Crippen molar-refractivity contribution < 1.29 is 30.8 Å². The molecule has 0 aromatic heterocycles. The number of hydrogen-bond acceptors (Lipinski definition) is 5. The second-order valence-corrected chi connectivity index (χ2v) is 12.6. The van der Waals surface area contributed by atoms with Gasteiger partial charge in [0.25, 0.3) is 0 Å². The van der Waals surface area contributed by atoms with E-state index in [0.717, 1.165) is 48.9 Å². The maximum absolute atomic E-state index is 14.8. The standard InChI is InChI=1S/C27H33F4N3O3S/c1-16(2)32-23-11-9-20(38(3,36)37)13-18(23)15-34-12-4-5-24(34)26(35)33-25(17-6-7-17)21-10-8-19(14-22(21)28)27(29,30)31/h8-11,13-14,16-17,24-25,32H,4-7,12,15H2,1-3H3,(H,33,35)/t24-,25-/m1/s1. The Morgan fingerprint density at radius 1 is 1.11 bits per heavy atom. The Kier molecular flexibility index (Phi) is 8.09. The molecule has 0 unspecified atom stereocenters. The van der Waals surface area contributed by atoms with E-state index < -0.39 is 39.5 Å². The molecule has 2 fully saturated rings. The minimum Gasteiger partial charge on any atom is -0.383 e. The molecular formula is C27H33F4N3O3S. The average Bonchev–Trinajstić information content (AvgIpc) is 3.55. The van der Waals surface area contributed by atoms with Crippen molar-refractivity contribution in [1.82, 2.24) is 10.2 Å². The highest BCUT2D eigenvalue weighted by atomic mass is 32.2. The summed E-state index contributed by atoms with van der Waals surface area (Å²) in [6.07, 6.45) is -0.687. The molecule has 1 saturated heterocycles. The zero-order chi connectivity index (χ0) is 27.8. The number of nitrogens with one attached hydrogen (secondary N) is 2. The highest BCUT2D eigenvalue weighted by Crippen LogP contribution is 2.43. The van der Waals surface area contributed by atoms with Gasteiger partial charge in [0, 0.05) is 30.1 Å². The number of sulfone groups is 1. The van der Waals surface area contributed by atoms with E-state index in [4.69, 9.17) is 0 Å². The quantitative estimate of drug-likeness (QED) is 0.411. The van der Waals surface area contributed by atoms with E-state index in [2.05, 4.69) is 10.6 Å². The monoisotopic (exact) mass is 555 g/mol. The Labute approximate surface area is 220 Å². The third kappa shape index (κ3) is 6.66. The minimum atomic E-state index is -4.65. The van der Waals surface area contributed by atoms with Gasteiger partial charge in [0.05, 0.1) is 22.5 Å². The van der Waals surface area contributed by atoms with Crippen molar-refractivity contribution in [2.24, 2.45) is 5.92 Å². The number of benzene rings is 2. The maximum Gasteiger partial charge on any atom is 0.416 e. The van der Waals surface area contributed by atoms with Crippen LogP contribution in [0.1, 0.15) is 62.3 Å². The van der Waals surface area contributed by atoms with Gasteiger partial charge >= 0.3 is 6.18 Å². The van der Waals surface area contributed by atoms with Crippen LogP contribution in [-0.4, -0.2) is 44.1 Å². The lowest BCUT2D eigenvalue weighted by molar-refractivity contribution is -0.137. The first-order valence-corrected chi connectivity index (χ1v) is 14.6. The van der Waals surface area contributed by atoms with Crippen LogP contribution < -0.4 is 10.6 Å². The predicted molar refractivity (Wildman–Crippen MR) is 137 cm³/mol. The molecular weight excluding hydrogens is 522 g/mol. The average molecular weight is 556 g/mol. The molecule has 0 spiro atoms. The van der Waals surface area contributed by atoms with Crippen LogP contribution in [0.5, 0.6) is 0 Å². The Bertz CT molecular complexity index is 1290. The number of likely N-dealkylation sites (tertiary alicyclic amines) is 1. The zero-order valence-corrected chi connectivity index (χ0v) is 22.4. The molecule has 1 saturated carbocycles. The Hall–Kier alpha value is -2.66. The molecule has 2 aromatic carbocycles. The molecule has 0 bridgehead atoms. The molecule has 2 aromatic rings. The number of amides is 1. The summed E-state index contributed by atoms with van der Waals surface area (Å²) >= 11 is 0. The predicted octanol–water partition coefficient (Wildman–Crippen LogP) is 5.30. The van der Waals surface area contributed by atoms with E-state index in [1.165, 1.54) is 0 Å². The van der Waals surface area contributed by atoms with Gasteiger partial charge in [-0.3, -0.25) is 9.69 Å². The molecule has 0 radical (unpaired) electrons. The van der Waals surface area contributed by atoms with Crippen molar-refractivity contribution in [3.8, 4) is 0 Å². The molecule has 1 amide bonds. The molecule has 2 atom stereocenters. The van der Waals surface area contributed by atoms with E-state index >= 15 is 0 Å². The first kappa shape index (κ1) is 28.4. The third-order valence-electron chi connectivity index (χ3n) is 7.04. The van der Waals surface area contributed by atoms with E-state index in [1.807, 2.05) is 18.7 Å². The molecule has 1 aliphatic heterocycles. The number of nitrogens with zero attached hydrogens (tertiary/aromatic N) is 1. The molecule has 11 heteroatoms. The number of hydrogen-bond donors (Lipinski definition) is 2. The SMILES string of the molecule is CC(C)Nc1ccc(S(C)(=O)=O)cc1CN1CCC[C@@H]1C(=O)N[C@@H](c1ccc(C(F)(F)F)cc1F)C1CC1. The van der Waals surface area contributed by atoms with E-state index in [-0.39, 0.29) is 28.3 Å². The molecule has 4 rings (SSSR count). The highest BCUT2D eigenvalue weighted by Gasteiger charge is 2.39. The maximum atomic E-state index is 14.8. The molecule has 6 nitrogen and oxygen atoms in total. The topological polar surface area (TPSA) is 78.5 Å². The van der Waals surface area contributed by atoms with Crippen LogP contribution in [0, 0.1) is 11.7 Å². The third-order valence-corrected chi connectivity index (χ3v) is 8.15. The first-order chi connectivity index (χ1) is 17.7. The van der Waals surface area contributed by atoms with Gasteiger partial charge in [-0.05, 0) is 87.9 Å². The van der Waals surface area contributed by atoms with Crippen molar-refractivity contribution in [2.75, 3.05) is 18.1 Å². The van der Waals surface area contributed by atoms with Gasteiger partial charge in [0.2, 0.25) is 5.91 Å². The van der Waals surface area contributed by atoms with Crippen molar-refractivity contribution in [3.63, 3.8) is 0 Å². The summed E-state index contributed by atoms with van der Waals surface area (Å²) in [7, 11) is -3.43. The van der Waals surface area contributed by atoms with Crippen LogP contribution in [0.3, 0.4) is 0 Å². The summed E-state index contributed by atoms with van der Waals surface area (Å²) in [6, 6.07) is 6.22. The summed E-state index contributed by atoms with van der Waals surface area (Å²) in [6.45, 7) is 4.89. The number of carbonyl (C=O) groups is 1. The van der Waals surface area contributed by atoms with Crippen molar-refractivity contribution >= 4 is 21.4 Å². The smallest absolute Gasteiger partial charge is 0.383 e. The van der Waals surface area contributed by atoms with E-state index in [0.29, 0.717) is 25.6 Å². The number of rotatable bonds is 9. The number of carbonyl (C=O) groups excluding carboxylic acids is 1. The van der Waals surface area contributed by atoms with Crippen molar-refractivity contribution in [1.29, 1.82) is 0 Å². The van der Waals surface area contributed by atoms with Gasteiger partial charge in [0.1, 0.15) is 5.82 Å². The Morgan fingerprint density at radius 2 is 1.82 bits per heavy atom. The van der Waals surface area contributed by atoms with E-state index in [1.54, 1.807) is 18.2 Å². The van der Waals surface area contributed by atoms with Crippen LogP contribution in [0.4, 0.5) is 23.2 Å². The molecule has 1 heterocycles. The summed E-state index contributed by atoms with van der Waals surface area (Å²) in [4.78, 5) is 15.6. The lowest BCUT2D eigenvalue weighted by Crippen LogP contribution is -2.44. The first-order valence-electron chi connectivity index (χ1n) is 12.7. The second-order valence-electron chi connectivity index (χ2n) is 10.6. The number of halogens is 4. The van der Waals surface area contributed by atoms with Crippen LogP contribution in [0.25, 0.3) is 0 Å². The molecule has 1 aliphatic carbocycles. The van der Waals surface area contributed by atoms with Gasteiger partial charge in [-0.2, -0.15) is 13.2 Å². The number of alkyl halides is 3. The molecule has 2 N–H and O–H groups in total. The summed E-state index contributed by atoms with van der Waals surface area (Å²) < 4.78 is 78.2. The van der Waals surface area contributed by atoms with Gasteiger partial charge in [0.15, 0.2) is 9.84 Å². The minimum absolute atomic E-state index is 0.0340. The van der Waals surface area contributed by atoms with Crippen molar-refractivity contribution in [2.45, 2.75) is 75.3 Å². The number of anilines is 1. The summed E-state index contributed by atoms with van der Waals surface area (Å²) in [5.41, 5.74) is 0.515. The fourth-order valence-corrected chi connectivity index (χ4v) is 5.67.